The summed E-state index contributed by atoms with van der Waals surface area (Å²) in [7, 11) is 0. The van der Waals surface area contributed by atoms with Crippen molar-refractivity contribution in [2.24, 2.45) is 0 Å². The van der Waals surface area contributed by atoms with Gasteiger partial charge >= 0.3 is 0 Å². The van der Waals surface area contributed by atoms with Crippen LogP contribution in [-0.2, 0) is 6.42 Å². The van der Waals surface area contributed by atoms with E-state index in [9.17, 15) is 9.59 Å². The van der Waals surface area contributed by atoms with Crippen LogP contribution in [0.5, 0.6) is 0 Å². The summed E-state index contributed by atoms with van der Waals surface area (Å²) in [4.78, 5) is 36.4. The minimum Gasteiger partial charge on any atom is -0.352 e. The topological polar surface area (TPSA) is 75.2 Å². The molecule has 1 N–H and O–H groups in total. The van der Waals surface area contributed by atoms with Crippen molar-refractivity contribution in [3.8, 4) is 0 Å². The zero-order valence-corrected chi connectivity index (χ0v) is 18.3. The van der Waals surface area contributed by atoms with E-state index in [-0.39, 0.29) is 17.7 Å². The van der Waals surface area contributed by atoms with Crippen LogP contribution < -0.4 is 5.32 Å². The number of hydrogen-bond acceptors (Lipinski definition) is 4. The van der Waals surface area contributed by atoms with E-state index in [4.69, 9.17) is 0 Å². The number of hydrogen-bond donors (Lipinski definition) is 1. The van der Waals surface area contributed by atoms with Gasteiger partial charge in [0, 0.05) is 37.3 Å². The number of likely N-dealkylation sites (tertiary alicyclic amines) is 1. The number of aromatic nitrogens is 2. The van der Waals surface area contributed by atoms with Gasteiger partial charge in [0.25, 0.3) is 11.8 Å². The highest BCUT2D eigenvalue weighted by Crippen LogP contribution is 2.29. The van der Waals surface area contributed by atoms with Gasteiger partial charge in [0.1, 0.15) is 5.82 Å². The molecule has 2 heterocycles. The molecule has 0 atom stereocenters. The fourth-order valence-corrected chi connectivity index (χ4v) is 4.15. The van der Waals surface area contributed by atoms with Gasteiger partial charge < -0.3 is 10.2 Å². The number of piperidine rings is 1. The van der Waals surface area contributed by atoms with E-state index in [2.05, 4.69) is 27.4 Å². The average Bonchev–Trinajstić information content (AvgIpc) is 2.85. The molecule has 0 aliphatic carbocycles. The maximum atomic E-state index is 12.9. The van der Waals surface area contributed by atoms with Gasteiger partial charge in [0.05, 0.1) is 11.3 Å². The first-order chi connectivity index (χ1) is 15.6. The van der Waals surface area contributed by atoms with Gasteiger partial charge in [0.15, 0.2) is 0 Å². The van der Waals surface area contributed by atoms with E-state index in [1.54, 1.807) is 6.20 Å². The van der Waals surface area contributed by atoms with Crippen molar-refractivity contribution < 1.29 is 9.59 Å². The highest BCUT2D eigenvalue weighted by molar-refractivity contribution is 5.95. The monoisotopic (exact) mass is 428 g/mol. The lowest BCUT2D eigenvalue weighted by molar-refractivity contribution is 0.0710. The Hall–Kier alpha value is -3.54. The maximum Gasteiger partial charge on any atom is 0.254 e. The molecule has 0 spiro atoms. The summed E-state index contributed by atoms with van der Waals surface area (Å²) < 4.78 is 0. The molecule has 1 saturated heterocycles. The van der Waals surface area contributed by atoms with Gasteiger partial charge in [-0.2, -0.15) is 0 Å². The molecular formula is C26H28N4O2. The fraction of sp³-hybridized carbons (Fsp3) is 0.308. The first-order valence-electron chi connectivity index (χ1n) is 11.1. The Kier molecular flexibility index (Phi) is 6.90. The molecule has 6 nitrogen and oxygen atoms in total. The van der Waals surface area contributed by atoms with Gasteiger partial charge in [0.2, 0.25) is 0 Å². The Morgan fingerprint density at radius 2 is 1.66 bits per heavy atom. The average molecular weight is 429 g/mol. The number of amides is 2. The minimum absolute atomic E-state index is 0.0572. The molecule has 2 aromatic carbocycles. The highest BCUT2D eigenvalue weighted by Gasteiger charge is 2.28. The summed E-state index contributed by atoms with van der Waals surface area (Å²) >= 11 is 0. The number of carbonyl (C=O) groups excluding carboxylic acids is 2. The lowest BCUT2D eigenvalue weighted by Gasteiger charge is -2.32. The molecule has 164 valence electrons. The first kappa shape index (κ1) is 21.7. The van der Waals surface area contributed by atoms with E-state index in [0.29, 0.717) is 36.6 Å². The summed E-state index contributed by atoms with van der Waals surface area (Å²) in [5.74, 6) is 0.704. The van der Waals surface area contributed by atoms with Gasteiger partial charge in [-0.05, 0) is 43.9 Å². The molecule has 1 aromatic heterocycles. The molecule has 3 aromatic rings. The van der Waals surface area contributed by atoms with E-state index < -0.39 is 0 Å². The third kappa shape index (κ3) is 5.19. The zero-order valence-electron chi connectivity index (χ0n) is 18.3. The van der Waals surface area contributed by atoms with Crippen LogP contribution in [0.25, 0.3) is 0 Å². The molecule has 0 saturated carbocycles. The molecule has 0 unspecified atom stereocenters. The summed E-state index contributed by atoms with van der Waals surface area (Å²) in [5, 5.41) is 3.01. The standard InChI is InChI=1S/C26H28N4O2/c1-19-28-18-23(25(31)27-15-12-20-8-4-2-5-9-20)24(29-19)21-13-16-30(17-14-21)26(32)22-10-6-3-7-11-22/h2-11,18,21H,12-17H2,1H3,(H,27,31). The Bertz CT molecular complexity index is 1060. The predicted molar refractivity (Wildman–Crippen MR) is 124 cm³/mol. The van der Waals surface area contributed by atoms with E-state index in [1.807, 2.05) is 60.4 Å². The molecular weight excluding hydrogens is 400 g/mol. The highest BCUT2D eigenvalue weighted by atomic mass is 16.2. The lowest BCUT2D eigenvalue weighted by atomic mass is 9.90. The Morgan fingerprint density at radius 1 is 1.00 bits per heavy atom. The smallest absolute Gasteiger partial charge is 0.254 e. The largest absolute Gasteiger partial charge is 0.352 e. The van der Waals surface area contributed by atoms with Crippen LogP contribution in [0, 0.1) is 6.92 Å². The summed E-state index contributed by atoms with van der Waals surface area (Å²) in [6.45, 7) is 3.70. The maximum absolute atomic E-state index is 12.9. The zero-order chi connectivity index (χ0) is 22.3. The number of nitrogens with one attached hydrogen (secondary N) is 1. The second-order valence-corrected chi connectivity index (χ2v) is 8.14. The van der Waals surface area contributed by atoms with Crippen molar-refractivity contribution in [3.63, 3.8) is 0 Å². The minimum atomic E-state index is -0.140. The Morgan fingerprint density at radius 3 is 2.34 bits per heavy atom. The molecule has 2 amide bonds. The summed E-state index contributed by atoms with van der Waals surface area (Å²) in [5.41, 5.74) is 3.23. The van der Waals surface area contributed by atoms with Gasteiger partial charge in [-0.25, -0.2) is 9.97 Å². The van der Waals surface area contributed by atoms with Crippen LogP contribution in [0.2, 0.25) is 0 Å². The fourth-order valence-electron chi connectivity index (χ4n) is 4.15. The normalized spacial score (nSPS) is 14.2. The number of benzene rings is 2. The second kappa shape index (κ2) is 10.2. The van der Waals surface area contributed by atoms with E-state index in [1.165, 1.54) is 5.56 Å². The number of carbonyl (C=O) groups is 2. The Balaban J connectivity index is 1.40. The summed E-state index contributed by atoms with van der Waals surface area (Å²) in [6.07, 6.45) is 3.96. The molecule has 4 rings (SSSR count). The van der Waals surface area contributed by atoms with Gasteiger partial charge in [-0.15, -0.1) is 0 Å². The van der Waals surface area contributed by atoms with Crippen molar-refractivity contribution in [1.29, 1.82) is 0 Å². The SMILES string of the molecule is Cc1ncc(C(=O)NCCc2ccccc2)c(C2CCN(C(=O)c3ccccc3)CC2)n1. The van der Waals surface area contributed by atoms with Crippen molar-refractivity contribution >= 4 is 11.8 Å². The van der Waals surface area contributed by atoms with Crippen LogP contribution >= 0.6 is 0 Å². The third-order valence-electron chi connectivity index (χ3n) is 5.91. The molecule has 1 aliphatic heterocycles. The van der Waals surface area contributed by atoms with E-state index >= 15 is 0 Å². The number of aryl methyl sites for hydroxylation is 1. The Labute approximate surface area is 188 Å². The molecule has 6 heteroatoms. The van der Waals surface area contributed by atoms with Crippen molar-refractivity contribution in [2.75, 3.05) is 19.6 Å². The quantitative estimate of drug-likeness (QED) is 0.648. The van der Waals surface area contributed by atoms with Crippen LogP contribution in [0.4, 0.5) is 0 Å². The van der Waals surface area contributed by atoms with Crippen molar-refractivity contribution in [2.45, 2.75) is 32.1 Å². The van der Waals surface area contributed by atoms with Gasteiger partial charge in [-0.1, -0.05) is 48.5 Å². The predicted octanol–water partition coefficient (Wildman–Crippen LogP) is 3.78. The molecule has 0 radical (unpaired) electrons. The van der Waals surface area contributed by atoms with E-state index in [0.717, 1.165) is 25.0 Å². The second-order valence-electron chi connectivity index (χ2n) is 8.14. The third-order valence-corrected chi connectivity index (χ3v) is 5.91. The molecule has 0 bridgehead atoms. The number of rotatable bonds is 6. The van der Waals surface area contributed by atoms with Crippen LogP contribution in [0.15, 0.2) is 66.9 Å². The van der Waals surface area contributed by atoms with Gasteiger partial charge in [-0.3, -0.25) is 9.59 Å². The van der Waals surface area contributed by atoms with Crippen molar-refractivity contribution in [1.82, 2.24) is 20.2 Å². The summed E-state index contributed by atoms with van der Waals surface area (Å²) in [6, 6.07) is 19.5. The lowest BCUT2D eigenvalue weighted by Crippen LogP contribution is -2.38. The number of nitrogens with zero attached hydrogens (tertiary/aromatic N) is 3. The molecule has 1 fully saturated rings. The van der Waals surface area contributed by atoms with Crippen LogP contribution in [-0.4, -0.2) is 46.3 Å². The van der Waals surface area contributed by atoms with Crippen molar-refractivity contribution in [3.05, 3.63) is 95.1 Å². The van der Waals surface area contributed by atoms with Crippen LogP contribution in [0.1, 0.15) is 56.6 Å². The molecule has 32 heavy (non-hydrogen) atoms. The molecule has 1 aliphatic rings. The van der Waals surface area contributed by atoms with Crippen LogP contribution in [0.3, 0.4) is 0 Å². The first-order valence-corrected chi connectivity index (χ1v) is 11.1.